The molecule has 0 amide bonds. The average Bonchev–Trinajstić information content (AvgIpc) is 3.20. The molecule has 2 heterocycles. The smallest absolute Gasteiger partial charge is 0.338 e. The van der Waals surface area contributed by atoms with Gasteiger partial charge in [-0.1, -0.05) is 17.6 Å². The molecule has 0 bridgehead atoms. The third-order valence-electron chi connectivity index (χ3n) is 5.06. The number of pyridine rings is 1. The van der Waals surface area contributed by atoms with Crippen molar-refractivity contribution in [2.24, 2.45) is 0 Å². The molecular formula is C23H20N4O5S. The molecule has 0 aliphatic carbocycles. The molecule has 10 heteroatoms. The third kappa shape index (κ3) is 3.88. The Kier molecular flexibility index (Phi) is 5.53. The quantitative estimate of drug-likeness (QED) is 0.420. The van der Waals surface area contributed by atoms with Gasteiger partial charge in [0.05, 0.1) is 16.6 Å². The molecule has 4 aromatic rings. The van der Waals surface area contributed by atoms with Gasteiger partial charge in [-0.3, -0.25) is 0 Å². The number of imidazole rings is 1. The van der Waals surface area contributed by atoms with Crippen molar-refractivity contribution in [1.29, 1.82) is 0 Å². The van der Waals surface area contributed by atoms with E-state index in [4.69, 9.17) is 11.2 Å². The van der Waals surface area contributed by atoms with E-state index in [-0.39, 0.29) is 39.9 Å². The summed E-state index contributed by atoms with van der Waals surface area (Å²) in [7, 11) is -1.06. The lowest BCUT2D eigenvalue weighted by Gasteiger charge is -2.15. The van der Waals surface area contributed by atoms with Gasteiger partial charge in [-0.05, 0) is 37.3 Å². The minimum atomic E-state index is -3.86. The van der Waals surface area contributed by atoms with Crippen LogP contribution in [0.1, 0.15) is 15.9 Å². The SMILES string of the molecule is C#CCOc1c(S(=O)(=O)N(C)C)ccc2[nH]c(-c3nc4ccc(C)cc4cc3C(=O)O)nc12. The Morgan fingerprint density at radius 2 is 1.97 bits per heavy atom. The van der Waals surface area contributed by atoms with Crippen molar-refractivity contribution in [2.45, 2.75) is 11.8 Å². The highest BCUT2D eigenvalue weighted by atomic mass is 32.2. The number of terminal acetylenes is 1. The fourth-order valence-corrected chi connectivity index (χ4v) is 4.46. The molecule has 0 unspecified atom stereocenters. The summed E-state index contributed by atoms with van der Waals surface area (Å²) in [5.41, 5.74) is 2.29. The number of rotatable bonds is 6. The van der Waals surface area contributed by atoms with Crippen molar-refractivity contribution in [3.05, 3.63) is 47.5 Å². The van der Waals surface area contributed by atoms with Crippen molar-refractivity contribution >= 4 is 37.9 Å². The second-order valence-electron chi connectivity index (χ2n) is 7.54. The number of hydrogen-bond donors (Lipinski definition) is 2. The van der Waals surface area contributed by atoms with E-state index in [1.165, 1.54) is 32.3 Å². The van der Waals surface area contributed by atoms with Gasteiger partial charge in [-0.25, -0.2) is 27.5 Å². The van der Waals surface area contributed by atoms with Crippen LogP contribution >= 0.6 is 0 Å². The highest BCUT2D eigenvalue weighted by Gasteiger charge is 2.27. The van der Waals surface area contributed by atoms with Crippen molar-refractivity contribution in [1.82, 2.24) is 19.3 Å². The van der Waals surface area contributed by atoms with E-state index in [0.717, 1.165) is 9.87 Å². The highest BCUT2D eigenvalue weighted by molar-refractivity contribution is 7.89. The number of benzene rings is 2. The average molecular weight is 465 g/mol. The molecule has 4 rings (SSSR count). The lowest BCUT2D eigenvalue weighted by molar-refractivity contribution is 0.0697. The van der Waals surface area contributed by atoms with Gasteiger partial charge < -0.3 is 14.8 Å². The summed E-state index contributed by atoms with van der Waals surface area (Å²) >= 11 is 0. The van der Waals surface area contributed by atoms with Gasteiger partial charge in [-0.2, -0.15) is 0 Å². The number of hydrogen-bond acceptors (Lipinski definition) is 6. The van der Waals surface area contributed by atoms with Gasteiger partial charge in [0.1, 0.15) is 22.7 Å². The highest BCUT2D eigenvalue weighted by Crippen LogP contribution is 2.35. The molecule has 33 heavy (non-hydrogen) atoms. The Hall–Kier alpha value is -3.94. The van der Waals surface area contributed by atoms with Gasteiger partial charge in [0.15, 0.2) is 11.6 Å². The van der Waals surface area contributed by atoms with Crippen molar-refractivity contribution < 1.29 is 23.1 Å². The number of aromatic carboxylic acids is 1. The second kappa shape index (κ2) is 8.20. The predicted octanol–water partition coefficient (Wildman–Crippen LogP) is 3.05. The minimum Gasteiger partial charge on any atom is -0.478 e. The van der Waals surface area contributed by atoms with E-state index in [2.05, 4.69) is 20.9 Å². The molecule has 168 valence electrons. The zero-order valence-electron chi connectivity index (χ0n) is 18.1. The number of aryl methyl sites for hydroxylation is 1. The molecule has 9 nitrogen and oxygen atoms in total. The Labute approximate surface area is 190 Å². The summed E-state index contributed by atoms with van der Waals surface area (Å²) in [5, 5.41) is 10.5. The van der Waals surface area contributed by atoms with Gasteiger partial charge >= 0.3 is 5.97 Å². The molecule has 0 atom stereocenters. The zero-order valence-corrected chi connectivity index (χ0v) is 18.9. The third-order valence-corrected chi connectivity index (χ3v) is 6.89. The van der Waals surface area contributed by atoms with Crippen LogP contribution in [-0.2, 0) is 10.0 Å². The van der Waals surface area contributed by atoms with E-state index >= 15 is 0 Å². The second-order valence-corrected chi connectivity index (χ2v) is 9.66. The fraction of sp³-hybridized carbons (Fsp3) is 0.174. The van der Waals surface area contributed by atoms with E-state index in [9.17, 15) is 18.3 Å². The van der Waals surface area contributed by atoms with Crippen molar-refractivity contribution in [2.75, 3.05) is 20.7 Å². The molecular weight excluding hydrogens is 444 g/mol. The Bertz CT molecular complexity index is 1570. The summed E-state index contributed by atoms with van der Waals surface area (Å²) in [5.74, 6) is 1.29. The van der Waals surface area contributed by atoms with E-state index in [0.29, 0.717) is 16.4 Å². The normalized spacial score (nSPS) is 11.7. The molecule has 0 aliphatic rings. The number of H-pyrrole nitrogens is 1. The number of ether oxygens (including phenoxy) is 1. The van der Waals surface area contributed by atoms with Crippen LogP contribution in [0, 0.1) is 19.3 Å². The van der Waals surface area contributed by atoms with E-state index in [1.807, 2.05) is 19.1 Å². The van der Waals surface area contributed by atoms with Gasteiger partial charge in [0.2, 0.25) is 10.0 Å². The van der Waals surface area contributed by atoms with Crippen LogP contribution in [-0.4, -0.2) is 59.5 Å². The van der Waals surface area contributed by atoms with Crippen LogP contribution in [0.15, 0.2) is 41.3 Å². The van der Waals surface area contributed by atoms with Crippen LogP contribution in [0.25, 0.3) is 33.5 Å². The van der Waals surface area contributed by atoms with Crippen LogP contribution in [0.4, 0.5) is 0 Å². The first-order valence-electron chi connectivity index (χ1n) is 9.80. The maximum absolute atomic E-state index is 12.8. The van der Waals surface area contributed by atoms with Crippen LogP contribution in [0.3, 0.4) is 0 Å². The minimum absolute atomic E-state index is 0.0186. The number of carboxylic acid groups (broad SMARTS) is 1. The summed E-state index contributed by atoms with van der Waals surface area (Å²) < 4.78 is 32.3. The monoisotopic (exact) mass is 464 g/mol. The lowest BCUT2D eigenvalue weighted by atomic mass is 10.1. The first-order chi connectivity index (χ1) is 15.6. The summed E-state index contributed by atoms with van der Waals surface area (Å²) in [6.45, 7) is 1.73. The number of aromatic nitrogens is 3. The number of sulfonamides is 1. The molecule has 2 N–H and O–H groups in total. The largest absolute Gasteiger partial charge is 0.478 e. The van der Waals surface area contributed by atoms with Crippen molar-refractivity contribution in [3.8, 4) is 29.6 Å². The Morgan fingerprint density at radius 1 is 1.21 bits per heavy atom. The molecule has 2 aromatic carbocycles. The maximum atomic E-state index is 12.8. The molecule has 0 spiro atoms. The molecule has 0 radical (unpaired) electrons. The number of nitrogens with zero attached hydrogens (tertiary/aromatic N) is 3. The summed E-state index contributed by atoms with van der Waals surface area (Å²) in [6, 6.07) is 9.99. The Balaban J connectivity index is 1.99. The van der Waals surface area contributed by atoms with Crippen LogP contribution in [0.2, 0.25) is 0 Å². The molecule has 0 saturated heterocycles. The standard InChI is InChI=1S/C23H20N4O5S/c1-5-10-32-21-18(33(30,31)27(3)4)9-8-17-20(21)26-22(25-17)19-15(23(28)29)12-14-11-13(2)6-7-16(14)24-19/h1,6-9,11-12H,10H2,2-4H3,(H,25,26)(H,28,29). The first-order valence-corrected chi connectivity index (χ1v) is 11.2. The van der Waals surface area contributed by atoms with Gasteiger partial charge in [0.25, 0.3) is 0 Å². The number of carboxylic acids is 1. The van der Waals surface area contributed by atoms with Crippen molar-refractivity contribution in [3.63, 3.8) is 0 Å². The molecule has 0 saturated carbocycles. The summed E-state index contributed by atoms with van der Waals surface area (Å²) in [4.78, 5) is 23.9. The molecule has 0 fully saturated rings. The number of aromatic amines is 1. The zero-order chi connectivity index (χ0) is 23.9. The maximum Gasteiger partial charge on any atom is 0.338 e. The Morgan fingerprint density at radius 3 is 2.64 bits per heavy atom. The molecule has 0 aliphatic heterocycles. The van der Waals surface area contributed by atoms with Gasteiger partial charge in [-0.15, -0.1) is 6.42 Å². The van der Waals surface area contributed by atoms with Crippen LogP contribution < -0.4 is 4.74 Å². The number of fused-ring (bicyclic) bond motifs is 2. The first kappa shape index (κ1) is 22.3. The summed E-state index contributed by atoms with van der Waals surface area (Å²) in [6.07, 6.45) is 5.31. The molecule has 2 aromatic heterocycles. The van der Waals surface area contributed by atoms with E-state index < -0.39 is 16.0 Å². The van der Waals surface area contributed by atoms with E-state index in [1.54, 1.807) is 6.07 Å². The topological polar surface area (TPSA) is 125 Å². The number of carbonyl (C=O) groups is 1. The fourth-order valence-electron chi connectivity index (χ4n) is 3.44. The van der Waals surface area contributed by atoms with Gasteiger partial charge in [0, 0.05) is 19.5 Å². The predicted molar refractivity (Wildman–Crippen MR) is 124 cm³/mol. The lowest BCUT2D eigenvalue weighted by Crippen LogP contribution is -2.23. The van der Waals surface area contributed by atoms with Crippen LogP contribution in [0.5, 0.6) is 5.75 Å². The number of nitrogens with one attached hydrogen (secondary N) is 1.